The minimum absolute atomic E-state index is 0. The van der Waals surface area contributed by atoms with E-state index in [0.29, 0.717) is 11.3 Å². The van der Waals surface area contributed by atoms with Crippen molar-refractivity contribution in [3.8, 4) is 32.7 Å². The largest absolute Gasteiger partial charge is 0.507 e. The van der Waals surface area contributed by atoms with Gasteiger partial charge in [-0.15, -0.1) is 22.7 Å². The second kappa shape index (κ2) is 20.7. The van der Waals surface area contributed by atoms with Crippen LogP contribution in [0.3, 0.4) is 0 Å². The Hall–Kier alpha value is -6.46. The normalized spacial score (nSPS) is 10.4. The number of nitrogens with zero attached hydrogens (tertiary/aromatic N) is 8. The number of benzene rings is 2. The maximum Gasteiger partial charge on any atom is 0.507 e. The highest BCUT2D eigenvalue weighted by molar-refractivity contribution is 9.10. The van der Waals surface area contributed by atoms with E-state index in [0.717, 1.165) is 55.7 Å². The first kappa shape index (κ1) is 45.6. The van der Waals surface area contributed by atoms with Crippen molar-refractivity contribution in [2.24, 2.45) is 14.1 Å². The molecule has 61 heavy (non-hydrogen) atoms. The number of thiazole rings is 2. The molecule has 0 aliphatic rings. The molecule has 0 spiro atoms. The van der Waals surface area contributed by atoms with Crippen LogP contribution in [0.5, 0.6) is 0 Å². The number of hydrogen-bond acceptors (Lipinski definition) is 12. The summed E-state index contributed by atoms with van der Waals surface area (Å²) >= 11 is 6.14. The van der Waals surface area contributed by atoms with Crippen LogP contribution in [0.1, 0.15) is 28.1 Å². The minimum atomic E-state index is -1.50. The van der Waals surface area contributed by atoms with E-state index in [4.69, 9.17) is 10.0 Å². The molecule has 6 heterocycles. The third-order valence-corrected chi connectivity index (χ3v) is 10.1. The number of amides is 2. The number of carbonyl (C=O) groups excluding carboxylic acids is 2. The average Bonchev–Trinajstić information content (AvgIpc) is 4.05. The van der Waals surface area contributed by atoms with Gasteiger partial charge < -0.3 is 20.7 Å². The summed E-state index contributed by atoms with van der Waals surface area (Å²) in [4.78, 5) is 40.2. The lowest BCUT2D eigenvalue weighted by atomic mass is 9.86. The van der Waals surface area contributed by atoms with E-state index < -0.39 is 53.3 Å². The molecule has 2 aromatic carbocycles. The van der Waals surface area contributed by atoms with E-state index in [2.05, 4.69) is 56.7 Å². The first-order valence-corrected chi connectivity index (χ1v) is 19.7. The Kier molecular flexibility index (Phi) is 15.5. The van der Waals surface area contributed by atoms with Gasteiger partial charge in [0.1, 0.15) is 67.4 Å². The predicted octanol–water partition coefficient (Wildman–Crippen LogP) is 7.37. The fourth-order valence-corrected chi connectivity index (χ4v) is 6.65. The molecule has 0 atom stereocenters. The lowest BCUT2D eigenvalue weighted by Gasteiger charge is -2.07. The Morgan fingerprint density at radius 2 is 1.15 bits per heavy atom. The summed E-state index contributed by atoms with van der Waals surface area (Å²) in [7, 11) is 1.97. The number of nitrogens with one attached hydrogen (secondary N) is 2. The smallest absolute Gasteiger partial charge is 0.422 e. The highest BCUT2D eigenvalue weighted by Gasteiger charge is 2.20. The maximum absolute atomic E-state index is 13.7. The quantitative estimate of drug-likeness (QED) is 0.0886. The van der Waals surface area contributed by atoms with Crippen LogP contribution in [-0.2, 0) is 14.1 Å². The van der Waals surface area contributed by atoms with Crippen molar-refractivity contribution in [1.82, 2.24) is 39.5 Å². The molecule has 8 aromatic rings. The molecular formula is C39H32BBrF4N10O4S2. The Labute approximate surface area is 361 Å². The van der Waals surface area contributed by atoms with Gasteiger partial charge in [0.15, 0.2) is 0 Å². The molecule has 0 radical (unpaired) electrons. The molecule has 14 nitrogen and oxygen atoms in total. The van der Waals surface area contributed by atoms with E-state index in [-0.39, 0.29) is 19.1 Å². The average molecular weight is 936 g/mol. The van der Waals surface area contributed by atoms with E-state index >= 15 is 0 Å². The van der Waals surface area contributed by atoms with Gasteiger partial charge in [-0.05, 0) is 76.6 Å². The standard InChI is InChI=1S/C19H13F2N5OS.C12H7BrF2N2O.C7H8BN3O2S.CH4/c1-26-15(9-14(25-26)19-22-7-8-28-19)11-5-6-16(23-10-11)24-18(27)17-12(20)3-2-4-13(17)21;13-7-4-5-10(16-6-7)17-12(18)11-8(14)2-1-3-9(11)15;1-11-6(8(12)13)4-5(10-11)7-9-2-3-14-7;/h2-10H,1H3,(H,23,24,27);1-6H,(H,16,17,18);2-4,12-13H,1H3;1H4. The molecule has 0 aliphatic carbocycles. The third-order valence-electron chi connectivity index (χ3n) is 8.01. The molecule has 0 fully saturated rings. The van der Waals surface area contributed by atoms with Gasteiger partial charge in [0.25, 0.3) is 11.8 Å². The lowest BCUT2D eigenvalue weighted by Crippen LogP contribution is -2.35. The highest BCUT2D eigenvalue weighted by Crippen LogP contribution is 2.27. The zero-order valence-electron chi connectivity index (χ0n) is 31.0. The Balaban J connectivity index is 0.000000184. The van der Waals surface area contributed by atoms with Crippen molar-refractivity contribution in [1.29, 1.82) is 0 Å². The number of hydrogen-bond donors (Lipinski definition) is 4. The molecule has 0 unspecified atom stereocenters. The second-order valence-corrected chi connectivity index (χ2v) is 14.8. The fraction of sp³-hybridized carbons (Fsp3) is 0.0769. The Bertz CT molecular complexity index is 2680. The van der Waals surface area contributed by atoms with Crippen LogP contribution in [0.25, 0.3) is 32.7 Å². The predicted molar refractivity (Wildman–Crippen MR) is 229 cm³/mol. The molecular weight excluding hydrogens is 903 g/mol. The molecule has 0 bridgehead atoms. The van der Waals surface area contributed by atoms with Crippen LogP contribution in [0, 0.1) is 23.3 Å². The summed E-state index contributed by atoms with van der Waals surface area (Å²) in [5.74, 6) is -5.07. The van der Waals surface area contributed by atoms with Gasteiger partial charge >= 0.3 is 7.12 Å². The zero-order valence-corrected chi connectivity index (χ0v) is 34.2. The molecule has 0 aliphatic heterocycles. The van der Waals surface area contributed by atoms with Gasteiger partial charge in [-0.2, -0.15) is 10.2 Å². The van der Waals surface area contributed by atoms with Gasteiger partial charge in [0.2, 0.25) is 0 Å². The van der Waals surface area contributed by atoms with Crippen LogP contribution >= 0.6 is 38.6 Å². The molecule has 0 saturated heterocycles. The Morgan fingerprint density at radius 1 is 0.672 bits per heavy atom. The molecule has 8 rings (SSSR count). The van der Waals surface area contributed by atoms with Crippen molar-refractivity contribution >= 4 is 74.8 Å². The maximum atomic E-state index is 13.7. The van der Waals surface area contributed by atoms with Crippen LogP contribution in [0.2, 0.25) is 0 Å². The first-order chi connectivity index (χ1) is 28.8. The summed E-state index contributed by atoms with van der Waals surface area (Å²) in [6.45, 7) is 0. The topological polar surface area (TPSA) is 186 Å². The molecule has 6 aromatic heterocycles. The molecule has 0 saturated carbocycles. The van der Waals surface area contributed by atoms with E-state index in [1.54, 1.807) is 54.6 Å². The summed E-state index contributed by atoms with van der Waals surface area (Å²) in [6.07, 6.45) is 6.42. The van der Waals surface area contributed by atoms with E-state index in [9.17, 15) is 27.2 Å². The summed E-state index contributed by atoms with van der Waals surface area (Å²) in [6, 6.07) is 16.5. The number of carbonyl (C=O) groups is 2. The van der Waals surface area contributed by atoms with Crippen LogP contribution in [0.4, 0.5) is 29.2 Å². The van der Waals surface area contributed by atoms with Crippen molar-refractivity contribution in [3.05, 3.63) is 147 Å². The Morgan fingerprint density at radius 3 is 1.56 bits per heavy atom. The van der Waals surface area contributed by atoms with Gasteiger partial charge in [0.05, 0.1) is 11.3 Å². The second-order valence-electron chi connectivity index (χ2n) is 12.1. The van der Waals surface area contributed by atoms with Crippen LogP contribution in [-0.4, -0.2) is 68.5 Å². The summed E-state index contributed by atoms with van der Waals surface area (Å²) in [5.41, 5.74) is 2.08. The fourth-order valence-electron chi connectivity index (χ4n) is 5.23. The molecule has 22 heteroatoms. The van der Waals surface area contributed by atoms with E-state index in [1.807, 2.05) is 23.9 Å². The molecule has 4 N–H and O–H groups in total. The highest BCUT2D eigenvalue weighted by atomic mass is 79.9. The van der Waals surface area contributed by atoms with E-state index in [1.165, 1.54) is 51.8 Å². The van der Waals surface area contributed by atoms with Gasteiger partial charge in [-0.1, -0.05) is 19.6 Å². The monoisotopic (exact) mass is 934 g/mol. The lowest BCUT2D eigenvalue weighted by molar-refractivity contribution is 0.101. The van der Waals surface area contributed by atoms with Gasteiger partial charge in [-0.3, -0.25) is 19.0 Å². The van der Waals surface area contributed by atoms with Gasteiger partial charge in [-0.25, -0.2) is 37.5 Å². The molecule has 2 amide bonds. The summed E-state index contributed by atoms with van der Waals surface area (Å²) in [5, 5.41) is 36.6. The number of rotatable bonds is 8. The van der Waals surface area contributed by atoms with Crippen LogP contribution < -0.4 is 16.2 Å². The number of pyridine rings is 2. The number of anilines is 2. The van der Waals surface area contributed by atoms with Gasteiger partial charge in [0, 0.05) is 59.7 Å². The zero-order chi connectivity index (χ0) is 42.9. The summed E-state index contributed by atoms with van der Waals surface area (Å²) < 4.78 is 58.0. The number of aryl methyl sites for hydroxylation is 2. The van der Waals surface area contributed by atoms with Crippen molar-refractivity contribution in [3.63, 3.8) is 0 Å². The molecule has 312 valence electrons. The number of aromatic nitrogens is 8. The minimum Gasteiger partial charge on any atom is -0.422 e. The first-order valence-electron chi connectivity index (χ1n) is 17.1. The van der Waals surface area contributed by atoms with Crippen molar-refractivity contribution < 1.29 is 37.2 Å². The SMILES string of the molecule is C.Cn1nc(-c2nccs2)cc1-c1ccc(NC(=O)c2c(F)cccc2F)nc1.Cn1nc(-c2nccs2)cc1B(O)O.O=C(Nc1ccc(Br)cn1)c1c(F)cccc1F. The van der Waals surface area contributed by atoms with Crippen molar-refractivity contribution in [2.75, 3.05) is 10.6 Å². The number of halogens is 5. The van der Waals surface area contributed by atoms with Crippen molar-refractivity contribution in [2.45, 2.75) is 7.43 Å². The van der Waals surface area contributed by atoms with Crippen LogP contribution in [0.15, 0.2) is 113 Å². The third kappa shape index (κ3) is 11.4.